The summed E-state index contributed by atoms with van der Waals surface area (Å²) in [4.78, 5) is 16.7. The van der Waals surface area contributed by atoms with Gasteiger partial charge in [0.05, 0.1) is 26.1 Å². The van der Waals surface area contributed by atoms with Crippen molar-refractivity contribution in [3.8, 4) is 0 Å². The van der Waals surface area contributed by atoms with Crippen LogP contribution in [0.25, 0.3) is 0 Å². The summed E-state index contributed by atoms with van der Waals surface area (Å²) in [7, 11) is 0. The summed E-state index contributed by atoms with van der Waals surface area (Å²) < 4.78 is 19.9. The topological polar surface area (TPSA) is 32.8 Å². The minimum atomic E-state index is -0.301. The van der Waals surface area contributed by atoms with E-state index in [-0.39, 0.29) is 23.7 Å². The fraction of sp³-hybridized carbons (Fsp3) is 0.650. The summed E-state index contributed by atoms with van der Waals surface area (Å²) in [6.45, 7) is 5.77. The van der Waals surface area contributed by atoms with Gasteiger partial charge in [0, 0.05) is 6.54 Å². The van der Waals surface area contributed by atoms with Gasteiger partial charge in [-0.05, 0) is 56.3 Å². The largest absolute Gasteiger partial charge is 0.371 e. The molecule has 0 aromatic heterocycles. The molecule has 1 aromatic rings. The summed E-state index contributed by atoms with van der Waals surface area (Å²) >= 11 is 0. The number of ether oxygens (including phenoxy) is 1. The number of amides is 1. The van der Waals surface area contributed by atoms with Crippen molar-refractivity contribution in [2.75, 3.05) is 39.3 Å². The van der Waals surface area contributed by atoms with Crippen molar-refractivity contribution < 1.29 is 13.9 Å². The van der Waals surface area contributed by atoms with Crippen LogP contribution in [0.5, 0.6) is 0 Å². The first-order chi connectivity index (χ1) is 12.1. The summed E-state index contributed by atoms with van der Waals surface area (Å²) in [6, 6.07) is 6.51. The third-order valence-electron chi connectivity index (χ3n) is 5.96. The van der Waals surface area contributed by atoms with Crippen LogP contribution in [0, 0.1) is 11.7 Å². The van der Waals surface area contributed by atoms with Crippen molar-refractivity contribution in [1.82, 2.24) is 9.80 Å². The van der Waals surface area contributed by atoms with Crippen LogP contribution in [0.3, 0.4) is 0 Å². The highest BCUT2D eigenvalue weighted by Crippen LogP contribution is 2.36. The standard InChI is InChI=1S/C20H27FN2O2/c21-18-6-2-1-5-17(18)11-19(24)23-14-20(15-23)8-7-16(13-25-20)12-22-9-3-4-10-22/h1-2,5-6,16H,3-4,7-15H2/t16-/m0/s1. The minimum Gasteiger partial charge on any atom is -0.371 e. The lowest BCUT2D eigenvalue weighted by molar-refractivity contribution is -0.189. The highest BCUT2D eigenvalue weighted by atomic mass is 19.1. The van der Waals surface area contributed by atoms with E-state index >= 15 is 0 Å². The molecule has 3 heterocycles. The Morgan fingerprint density at radius 3 is 2.68 bits per heavy atom. The van der Waals surface area contributed by atoms with Crippen molar-refractivity contribution in [3.05, 3.63) is 35.6 Å². The normalized spacial score (nSPS) is 26.0. The third-order valence-corrected chi connectivity index (χ3v) is 5.96. The fourth-order valence-electron chi connectivity index (χ4n) is 4.38. The first kappa shape index (κ1) is 17.0. The van der Waals surface area contributed by atoms with Gasteiger partial charge < -0.3 is 14.5 Å². The summed E-state index contributed by atoms with van der Waals surface area (Å²) in [5.74, 6) is 0.329. The zero-order valence-electron chi connectivity index (χ0n) is 14.8. The number of rotatable bonds is 4. The van der Waals surface area contributed by atoms with E-state index in [1.807, 2.05) is 4.90 Å². The van der Waals surface area contributed by atoms with Gasteiger partial charge in [-0.25, -0.2) is 4.39 Å². The van der Waals surface area contributed by atoms with E-state index in [4.69, 9.17) is 4.74 Å². The monoisotopic (exact) mass is 346 g/mol. The van der Waals surface area contributed by atoms with Crippen molar-refractivity contribution in [1.29, 1.82) is 0 Å². The highest BCUT2D eigenvalue weighted by molar-refractivity contribution is 5.80. The van der Waals surface area contributed by atoms with Crippen LogP contribution < -0.4 is 0 Å². The van der Waals surface area contributed by atoms with Crippen LogP contribution in [-0.4, -0.2) is 60.6 Å². The molecule has 1 amide bonds. The molecule has 0 unspecified atom stereocenters. The van der Waals surface area contributed by atoms with Crippen LogP contribution in [-0.2, 0) is 16.0 Å². The van der Waals surface area contributed by atoms with E-state index < -0.39 is 0 Å². The van der Waals surface area contributed by atoms with E-state index in [0.29, 0.717) is 24.6 Å². The van der Waals surface area contributed by atoms with Gasteiger partial charge in [-0.3, -0.25) is 4.79 Å². The SMILES string of the molecule is O=C(Cc1ccccc1F)N1CC2(CC[C@@H](CN3CCCC3)CO2)C1. The zero-order chi connectivity index (χ0) is 17.3. The molecular weight excluding hydrogens is 319 g/mol. The molecular formula is C20H27FN2O2. The number of halogens is 1. The Kier molecular flexibility index (Phi) is 4.78. The number of hydrogen-bond donors (Lipinski definition) is 0. The maximum Gasteiger partial charge on any atom is 0.227 e. The lowest BCUT2D eigenvalue weighted by Gasteiger charge is -2.53. The first-order valence-electron chi connectivity index (χ1n) is 9.51. The Balaban J connectivity index is 1.23. The van der Waals surface area contributed by atoms with Crippen LogP contribution in [0.4, 0.5) is 4.39 Å². The Morgan fingerprint density at radius 2 is 2.00 bits per heavy atom. The number of hydrogen-bond acceptors (Lipinski definition) is 3. The Bertz CT molecular complexity index is 614. The average Bonchev–Trinajstić information content (AvgIpc) is 3.09. The van der Waals surface area contributed by atoms with Crippen LogP contribution in [0.1, 0.15) is 31.2 Å². The Labute approximate surface area is 148 Å². The van der Waals surface area contributed by atoms with Gasteiger partial charge in [0.15, 0.2) is 0 Å². The molecule has 3 saturated heterocycles. The number of carbonyl (C=O) groups excluding carboxylic acids is 1. The van der Waals surface area contributed by atoms with Crippen molar-refractivity contribution in [2.24, 2.45) is 5.92 Å². The molecule has 0 aliphatic carbocycles. The van der Waals surface area contributed by atoms with Gasteiger partial charge in [0.2, 0.25) is 5.91 Å². The lowest BCUT2D eigenvalue weighted by Crippen LogP contribution is -2.66. The van der Waals surface area contributed by atoms with Crippen molar-refractivity contribution in [3.63, 3.8) is 0 Å². The predicted molar refractivity (Wildman–Crippen MR) is 93.8 cm³/mol. The first-order valence-corrected chi connectivity index (χ1v) is 9.51. The molecule has 1 spiro atoms. The second-order valence-corrected chi connectivity index (χ2v) is 7.92. The molecule has 0 bridgehead atoms. The maximum atomic E-state index is 13.7. The minimum absolute atomic E-state index is 0.00137. The molecule has 136 valence electrons. The predicted octanol–water partition coefficient (Wildman–Crippen LogP) is 2.47. The van der Waals surface area contributed by atoms with Gasteiger partial charge in [-0.15, -0.1) is 0 Å². The molecule has 0 saturated carbocycles. The van der Waals surface area contributed by atoms with Gasteiger partial charge >= 0.3 is 0 Å². The third kappa shape index (κ3) is 3.72. The second kappa shape index (κ2) is 7.04. The smallest absolute Gasteiger partial charge is 0.227 e. The lowest BCUT2D eigenvalue weighted by atomic mass is 9.82. The molecule has 3 aliphatic heterocycles. The van der Waals surface area contributed by atoms with Gasteiger partial charge in [-0.1, -0.05) is 18.2 Å². The molecule has 3 fully saturated rings. The number of likely N-dealkylation sites (tertiary alicyclic amines) is 2. The van der Waals surface area contributed by atoms with E-state index in [2.05, 4.69) is 4.90 Å². The molecule has 4 rings (SSSR count). The molecule has 0 N–H and O–H groups in total. The maximum absolute atomic E-state index is 13.7. The fourth-order valence-corrected chi connectivity index (χ4v) is 4.38. The van der Waals surface area contributed by atoms with Gasteiger partial charge in [0.25, 0.3) is 0 Å². The molecule has 3 aliphatic rings. The number of nitrogens with zero attached hydrogens (tertiary/aromatic N) is 2. The summed E-state index contributed by atoms with van der Waals surface area (Å²) in [6.07, 6.45) is 5.02. The summed E-state index contributed by atoms with van der Waals surface area (Å²) in [5, 5.41) is 0. The van der Waals surface area contributed by atoms with Crippen LogP contribution >= 0.6 is 0 Å². The summed E-state index contributed by atoms with van der Waals surface area (Å²) in [5.41, 5.74) is 0.343. The van der Waals surface area contributed by atoms with Crippen molar-refractivity contribution in [2.45, 2.75) is 37.7 Å². The molecule has 4 nitrogen and oxygen atoms in total. The van der Waals surface area contributed by atoms with E-state index in [9.17, 15) is 9.18 Å². The second-order valence-electron chi connectivity index (χ2n) is 7.92. The Hall–Kier alpha value is -1.46. The molecule has 1 atom stereocenters. The highest BCUT2D eigenvalue weighted by Gasteiger charge is 2.48. The number of benzene rings is 1. The molecule has 0 radical (unpaired) electrons. The average molecular weight is 346 g/mol. The van der Waals surface area contributed by atoms with Crippen LogP contribution in [0.15, 0.2) is 24.3 Å². The van der Waals surface area contributed by atoms with E-state index in [0.717, 1.165) is 19.6 Å². The molecule has 5 heteroatoms. The van der Waals surface area contributed by atoms with Crippen molar-refractivity contribution >= 4 is 5.91 Å². The van der Waals surface area contributed by atoms with Gasteiger partial charge in [0.1, 0.15) is 11.4 Å². The van der Waals surface area contributed by atoms with E-state index in [1.54, 1.807) is 18.2 Å². The van der Waals surface area contributed by atoms with Crippen LogP contribution in [0.2, 0.25) is 0 Å². The Morgan fingerprint density at radius 1 is 1.24 bits per heavy atom. The van der Waals surface area contributed by atoms with Gasteiger partial charge in [-0.2, -0.15) is 0 Å². The number of carbonyl (C=O) groups is 1. The van der Waals surface area contributed by atoms with E-state index in [1.165, 1.54) is 38.4 Å². The molecule has 1 aromatic carbocycles. The zero-order valence-corrected chi connectivity index (χ0v) is 14.8. The quantitative estimate of drug-likeness (QED) is 0.840. The molecule has 25 heavy (non-hydrogen) atoms.